The second-order valence-corrected chi connectivity index (χ2v) is 7.54. The molecule has 0 saturated carbocycles. The van der Waals surface area contributed by atoms with Crippen LogP contribution < -0.4 is 5.32 Å². The number of unbranched alkanes of at least 4 members (excludes halogenated alkanes) is 1. The number of carbonyl (C=O) groups is 2. The summed E-state index contributed by atoms with van der Waals surface area (Å²) in [7, 11) is 0. The van der Waals surface area contributed by atoms with Crippen LogP contribution in [0.25, 0.3) is 0 Å². The van der Waals surface area contributed by atoms with Crippen LogP contribution >= 0.6 is 23.2 Å². The van der Waals surface area contributed by atoms with Gasteiger partial charge in [-0.15, -0.1) is 0 Å². The summed E-state index contributed by atoms with van der Waals surface area (Å²) in [6.07, 6.45) is 1.30. The smallest absolute Gasteiger partial charge is 0.337 e. The van der Waals surface area contributed by atoms with Crippen LogP contribution in [0, 0.1) is 0 Å². The standard InChI is InChI=1S/C19H25Cl2N3O4/c1-6-7-8-27-18(25)12-10(4)22-11(5)13(19(26)28-9(2)3)14(12)17-23-15(20)16(21)24-17/h9,14,22H,6-8H2,1-5H3,(H,23,24). The predicted molar refractivity (Wildman–Crippen MR) is 107 cm³/mol. The van der Waals surface area contributed by atoms with E-state index in [1.807, 2.05) is 6.92 Å². The van der Waals surface area contributed by atoms with Gasteiger partial charge >= 0.3 is 11.9 Å². The van der Waals surface area contributed by atoms with Crippen molar-refractivity contribution in [2.75, 3.05) is 6.61 Å². The van der Waals surface area contributed by atoms with Crippen LogP contribution in [0.15, 0.2) is 22.5 Å². The van der Waals surface area contributed by atoms with Gasteiger partial charge < -0.3 is 19.8 Å². The van der Waals surface area contributed by atoms with Crippen LogP contribution in [0.5, 0.6) is 0 Å². The van der Waals surface area contributed by atoms with E-state index in [0.29, 0.717) is 11.4 Å². The third kappa shape index (κ3) is 4.89. The van der Waals surface area contributed by atoms with E-state index >= 15 is 0 Å². The number of nitrogens with one attached hydrogen (secondary N) is 2. The fourth-order valence-corrected chi connectivity index (χ4v) is 3.23. The van der Waals surface area contributed by atoms with Crippen LogP contribution in [-0.4, -0.2) is 34.6 Å². The number of rotatable bonds is 7. The molecule has 0 saturated heterocycles. The summed E-state index contributed by atoms with van der Waals surface area (Å²) in [6, 6.07) is 0. The molecule has 0 amide bonds. The van der Waals surface area contributed by atoms with Crippen molar-refractivity contribution in [2.45, 2.75) is 59.5 Å². The van der Waals surface area contributed by atoms with Crippen molar-refractivity contribution in [3.63, 3.8) is 0 Å². The highest BCUT2D eigenvalue weighted by Crippen LogP contribution is 2.39. The minimum Gasteiger partial charge on any atom is -0.462 e. The second-order valence-electron chi connectivity index (χ2n) is 6.81. The Bertz CT molecular complexity index is 808. The Kier molecular flexibility index (Phi) is 7.55. The van der Waals surface area contributed by atoms with Crippen LogP contribution in [0.3, 0.4) is 0 Å². The molecule has 1 atom stereocenters. The molecule has 2 rings (SSSR count). The lowest BCUT2D eigenvalue weighted by atomic mass is 9.84. The van der Waals surface area contributed by atoms with Gasteiger partial charge in [-0.2, -0.15) is 0 Å². The molecule has 2 N–H and O–H groups in total. The fraction of sp³-hybridized carbons (Fsp3) is 0.526. The molecule has 0 spiro atoms. The van der Waals surface area contributed by atoms with E-state index in [1.165, 1.54) is 0 Å². The van der Waals surface area contributed by atoms with Crippen molar-refractivity contribution < 1.29 is 19.1 Å². The average Bonchev–Trinajstić information content (AvgIpc) is 2.92. The van der Waals surface area contributed by atoms with Gasteiger partial charge in [0.2, 0.25) is 0 Å². The number of ether oxygens (including phenoxy) is 2. The van der Waals surface area contributed by atoms with Gasteiger partial charge in [-0.05, 0) is 34.1 Å². The zero-order chi connectivity index (χ0) is 21.0. The number of H-pyrrole nitrogens is 1. The van der Waals surface area contributed by atoms with Crippen LogP contribution in [-0.2, 0) is 19.1 Å². The molecule has 0 radical (unpaired) electrons. The molecule has 28 heavy (non-hydrogen) atoms. The highest BCUT2D eigenvalue weighted by atomic mass is 35.5. The molecular weight excluding hydrogens is 405 g/mol. The number of dihydropyridines is 1. The Hall–Kier alpha value is -1.99. The van der Waals surface area contributed by atoms with E-state index < -0.39 is 17.9 Å². The van der Waals surface area contributed by atoms with Gasteiger partial charge in [0, 0.05) is 11.4 Å². The molecule has 1 unspecified atom stereocenters. The number of nitrogens with zero attached hydrogens (tertiary/aromatic N) is 1. The molecule has 7 nitrogen and oxygen atoms in total. The van der Waals surface area contributed by atoms with E-state index in [0.717, 1.165) is 12.8 Å². The number of esters is 2. The number of hydrogen-bond acceptors (Lipinski definition) is 6. The zero-order valence-corrected chi connectivity index (χ0v) is 18.1. The third-order valence-corrected chi connectivity index (χ3v) is 4.83. The van der Waals surface area contributed by atoms with Crippen molar-refractivity contribution in [1.29, 1.82) is 0 Å². The van der Waals surface area contributed by atoms with Gasteiger partial charge in [-0.1, -0.05) is 36.5 Å². The number of aromatic amines is 1. The Balaban J connectivity index is 2.54. The second kappa shape index (κ2) is 9.47. The number of hydrogen-bond donors (Lipinski definition) is 2. The van der Waals surface area contributed by atoms with Gasteiger partial charge in [0.25, 0.3) is 0 Å². The Labute approximate surface area is 174 Å². The van der Waals surface area contributed by atoms with Crippen LogP contribution in [0.4, 0.5) is 0 Å². The molecule has 154 valence electrons. The first kappa shape index (κ1) is 22.3. The van der Waals surface area contributed by atoms with Gasteiger partial charge in [0.1, 0.15) is 11.0 Å². The maximum atomic E-state index is 12.9. The quantitative estimate of drug-likeness (QED) is 0.496. The largest absolute Gasteiger partial charge is 0.462 e. The lowest BCUT2D eigenvalue weighted by molar-refractivity contribution is -0.143. The number of allylic oxidation sites excluding steroid dienone is 2. The maximum absolute atomic E-state index is 12.9. The average molecular weight is 430 g/mol. The molecule has 0 fully saturated rings. The summed E-state index contributed by atoms with van der Waals surface area (Å²) in [4.78, 5) is 32.7. The SMILES string of the molecule is CCCCOC(=O)C1=C(C)NC(C)=C(C(=O)OC(C)C)C1c1nc(Cl)c(Cl)[nH]1. The third-order valence-electron chi connectivity index (χ3n) is 4.18. The predicted octanol–water partition coefficient (Wildman–Crippen LogP) is 4.25. The fourth-order valence-electron chi connectivity index (χ4n) is 2.96. The van der Waals surface area contributed by atoms with Gasteiger partial charge in [-0.3, -0.25) is 0 Å². The highest BCUT2D eigenvalue weighted by Gasteiger charge is 2.40. The van der Waals surface area contributed by atoms with E-state index in [-0.39, 0.29) is 40.0 Å². The van der Waals surface area contributed by atoms with E-state index in [2.05, 4.69) is 15.3 Å². The minimum absolute atomic E-state index is 0.0563. The Morgan fingerprint density at radius 1 is 1.14 bits per heavy atom. The summed E-state index contributed by atoms with van der Waals surface area (Å²) in [5.74, 6) is -1.66. The summed E-state index contributed by atoms with van der Waals surface area (Å²) in [6.45, 7) is 9.26. The van der Waals surface area contributed by atoms with Crippen molar-refractivity contribution in [3.8, 4) is 0 Å². The number of imidazole rings is 1. The Morgan fingerprint density at radius 2 is 1.75 bits per heavy atom. The first-order valence-corrected chi connectivity index (χ1v) is 9.90. The molecule has 0 bridgehead atoms. The molecule has 2 heterocycles. The van der Waals surface area contributed by atoms with E-state index in [9.17, 15) is 9.59 Å². The Morgan fingerprint density at radius 3 is 2.25 bits per heavy atom. The van der Waals surface area contributed by atoms with Crippen LogP contribution in [0.1, 0.15) is 59.2 Å². The highest BCUT2D eigenvalue weighted by molar-refractivity contribution is 6.40. The van der Waals surface area contributed by atoms with Gasteiger partial charge in [-0.25, -0.2) is 14.6 Å². The molecule has 1 aromatic heterocycles. The lowest BCUT2D eigenvalue weighted by Crippen LogP contribution is -2.33. The molecular formula is C19H25Cl2N3O4. The number of aromatic nitrogens is 2. The summed E-state index contributed by atoms with van der Waals surface area (Å²) in [5.41, 5.74) is 1.64. The van der Waals surface area contributed by atoms with E-state index in [1.54, 1.807) is 27.7 Å². The monoisotopic (exact) mass is 429 g/mol. The van der Waals surface area contributed by atoms with Crippen molar-refractivity contribution in [3.05, 3.63) is 38.7 Å². The normalized spacial score (nSPS) is 17.1. The molecule has 0 aromatic carbocycles. The molecule has 1 aliphatic heterocycles. The number of halogens is 2. The van der Waals surface area contributed by atoms with Gasteiger partial charge in [0.15, 0.2) is 5.15 Å². The van der Waals surface area contributed by atoms with Crippen LogP contribution in [0.2, 0.25) is 10.3 Å². The number of carbonyl (C=O) groups excluding carboxylic acids is 2. The van der Waals surface area contributed by atoms with Crippen molar-refractivity contribution in [2.24, 2.45) is 0 Å². The minimum atomic E-state index is -0.841. The van der Waals surface area contributed by atoms with Crippen molar-refractivity contribution >= 4 is 35.1 Å². The topological polar surface area (TPSA) is 93.3 Å². The maximum Gasteiger partial charge on any atom is 0.337 e. The zero-order valence-electron chi connectivity index (χ0n) is 16.6. The summed E-state index contributed by atoms with van der Waals surface area (Å²) < 4.78 is 10.8. The molecule has 1 aliphatic rings. The van der Waals surface area contributed by atoms with Crippen molar-refractivity contribution in [1.82, 2.24) is 15.3 Å². The molecule has 0 aliphatic carbocycles. The summed E-state index contributed by atoms with van der Waals surface area (Å²) >= 11 is 12.0. The first-order valence-electron chi connectivity index (χ1n) is 9.14. The first-order chi connectivity index (χ1) is 13.2. The molecule has 9 heteroatoms. The summed E-state index contributed by atoms with van der Waals surface area (Å²) in [5, 5.41) is 3.26. The van der Waals surface area contributed by atoms with E-state index in [4.69, 9.17) is 32.7 Å². The lowest BCUT2D eigenvalue weighted by Gasteiger charge is -2.29. The molecule has 1 aromatic rings. The van der Waals surface area contributed by atoms with Gasteiger partial charge in [0.05, 0.1) is 29.8 Å².